The minimum absolute atomic E-state index is 0.0487. The molecule has 1 aliphatic rings. The smallest absolute Gasteiger partial charge is 0.153 e. The van der Waals surface area contributed by atoms with Gasteiger partial charge in [0, 0.05) is 12.0 Å². The van der Waals surface area contributed by atoms with E-state index in [0.29, 0.717) is 0 Å². The Morgan fingerprint density at radius 1 is 1.54 bits per heavy atom. The summed E-state index contributed by atoms with van der Waals surface area (Å²) in [6, 6.07) is 0. The van der Waals surface area contributed by atoms with E-state index in [0.717, 1.165) is 0 Å². The molecular weight excluding hydrogens is 193 g/mol. The molecule has 0 amide bonds. The summed E-state index contributed by atoms with van der Waals surface area (Å²) in [5.41, 5.74) is 3.03. The molecule has 2 N–H and O–H groups in total. The third kappa shape index (κ3) is 1.86. The fourth-order valence-corrected chi connectivity index (χ4v) is 3.54. The average molecular weight is 209 g/mol. The first-order valence-corrected chi connectivity index (χ1v) is 6.14. The molecule has 0 aromatic heterocycles. The lowest BCUT2D eigenvalue weighted by Crippen LogP contribution is -2.46. The van der Waals surface area contributed by atoms with Gasteiger partial charge >= 0.3 is 0 Å². The summed E-state index contributed by atoms with van der Waals surface area (Å²) in [7, 11) is -3.18. The predicted molar refractivity (Wildman–Crippen MR) is 49.9 cm³/mol. The van der Waals surface area contributed by atoms with Crippen LogP contribution < -0.4 is 5.73 Å². The maximum atomic E-state index is 14.1. The Bertz CT molecular complexity index is 299. The van der Waals surface area contributed by atoms with Crippen molar-refractivity contribution in [2.24, 2.45) is 11.1 Å². The molecule has 78 valence electrons. The van der Waals surface area contributed by atoms with Gasteiger partial charge in [-0.2, -0.15) is 0 Å². The third-order valence-electron chi connectivity index (χ3n) is 2.98. The number of halogens is 1. The van der Waals surface area contributed by atoms with E-state index in [4.69, 9.17) is 5.73 Å². The number of rotatable bonds is 2. The van der Waals surface area contributed by atoms with Crippen molar-refractivity contribution in [3.63, 3.8) is 0 Å². The zero-order chi connectivity index (χ0) is 10.3. The molecule has 1 rings (SSSR count). The predicted octanol–water partition coefficient (Wildman–Crippen LogP) is 0.498. The lowest BCUT2D eigenvalue weighted by atomic mass is 9.76. The van der Waals surface area contributed by atoms with E-state index < -0.39 is 20.9 Å². The van der Waals surface area contributed by atoms with Gasteiger partial charge in [-0.25, -0.2) is 12.8 Å². The summed E-state index contributed by atoms with van der Waals surface area (Å²) in [4.78, 5) is 0. The van der Waals surface area contributed by atoms with Crippen LogP contribution >= 0.6 is 0 Å². The van der Waals surface area contributed by atoms with E-state index in [1.807, 2.05) is 0 Å². The maximum absolute atomic E-state index is 14.1. The molecule has 0 spiro atoms. The van der Waals surface area contributed by atoms with Crippen LogP contribution in [-0.2, 0) is 9.84 Å². The lowest BCUT2D eigenvalue weighted by Gasteiger charge is -2.35. The summed E-state index contributed by atoms with van der Waals surface area (Å²) < 4.78 is 36.4. The van der Waals surface area contributed by atoms with Crippen LogP contribution in [0.3, 0.4) is 0 Å². The van der Waals surface area contributed by atoms with Crippen molar-refractivity contribution in [2.45, 2.75) is 25.9 Å². The second-order valence-electron chi connectivity index (χ2n) is 4.40. The molecule has 0 aromatic rings. The van der Waals surface area contributed by atoms with Gasteiger partial charge in [0.1, 0.15) is 5.67 Å². The molecular formula is C8H16FNO2S. The molecule has 0 saturated carbocycles. The first-order valence-electron chi connectivity index (χ1n) is 4.32. The molecule has 1 unspecified atom stereocenters. The molecule has 0 aliphatic carbocycles. The van der Waals surface area contributed by atoms with Crippen LogP contribution in [0.5, 0.6) is 0 Å². The van der Waals surface area contributed by atoms with Gasteiger partial charge in [0.25, 0.3) is 0 Å². The Morgan fingerprint density at radius 2 is 2.08 bits per heavy atom. The van der Waals surface area contributed by atoms with Crippen molar-refractivity contribution in [3.05, 3.63) is 0 Å². The standard InChI is InChI=1S/C8H16FNO2S/c1-7(2,5-10)8(9)3-4-13(11,12)6-8/h3-6,10H2,1-2H3. The fourth-order valence-electron chi connectivity index (χ4n) is 1.53. The molecule has 0 bridgehead atoms. The molecule has 1 saturated heterocycles. The first kappa shape index (κ1) is 10.9. The van der Waals surface area contributed by atoms with Crippen molar-refractivity contribution in [1.82, 2.24) is 0 Å². The summed E-state index contributed by atoms with van der Waals surface area (Å²) in [6.07, 6.45) is 0.0829. The number of sulfone groups is 1. The van der Waals surface area contributed by atoms with Crippen LogP contribution in [-0.4, -0.2) is 32.1 Å². The highest BCUT2D eigenvalue weighted by atomic mass is 32.2. The molecule has 0 aromatic carbocycles. The van der Waals surface area contributed by atoms with Gasteiger partial charge in [0.2, 0.25) is 0 Å². The van der Waals surface area contributed by atoms with Gasteiger partial charge in [-0.1, -0.05) is 13.8 Å². The van der Waals surface area contributed by atoms with Crippen LogP contribution in [0, 0.1) is 5.41 Å². The van der Waals surface area contributed by atoms with Crippen LogP contribution in [0.2, 0.25) is 0 Å². The van der Waals surface area contributed by atoms with Gasteiger partial charge in [-0.3, -0.25) is 0 Å². The lowest BCUT2D eigenvalue weighted by molar-refractivity contribution is 0.0480. The Morgan fingerprint density at radius 3 is 2.38 bits per heavy atom. The van der Waals surface area contributed by atoms with Crippen LogP contribution in [0.4, 0.5) is 4.39 Å². The zero-order valence-corrected chi connectivity index (χ0v) is 8.82. The normalized spacial score (nSPS) is 33.5. The molecule has 3 nitrogen and oxygen atoms in total. The fraction of sp³-hybridized carbons (Fsp3) is 1.00. The molecule has 5 heteroatoms. The highest BCUT2D eigenvalue weighted by Crippen LogP contribution is 2.42. The van der Waals surface area contributed by atoms with Crippen molar-refractivity contribution in [1.29, 1.82) is 0 Å². The number of hydrogen-bond acceptors (Lipinski definition) is 3. The largest absolute Gasteiger partial charge is 0.330 e. The molecule has 0 radical (unpaired) electrons. The Labute approximate surface area is 78.4 Å². The molecule has 1 heterocycles. The second-order valence-corrected chi connectivity index (χ2v) is 6.58. The summed E-state index contributed by atoms with van der Waals surface area (Å²) in [5.74, 6) is -0.420. The van der Waals surface area contributed by atoms with E-state index >= 15 is 0 Å². The van der Waals surface area contributed by atoms with Crippen LogP contribution in [0.15, 0.2) is 0 Å². The van der Waals surface area contributed by atoms with Crippen LogP contribution in [0.1, 0.15) is 20.3 Å². The van der Waals surface area contributed by atoms with Gasteiger partial charge in [0.05, 0.1) is 11.5 Å². The highest BCUT2D eigenvalue weighted by molar-refractivity contribution is 7.91. The monoisotopic (exact) mass is 209 g/mol. The molecule has 1 aliphatic heterocycles. The second kappa shape index (κ2) is 2.92. The molecule has 1 fully saturated rings. The van der Waals surface area contributed by atoms with E-state index in [1.165, 1.54) is 0 Å². The Balaban J connectivity index is 2.93. The summed E-state index contributed by atoms with van der Waals surface area (Å²) >= 11 is 0. The van der Waals surface area contributed by atoms with E-state index in [-0.39, 0.29) is 24.5 Å². The molecule has 1 atom stereocenters. The average Bonchev–Trinajstić information content (AvgIpc) is 2.27. The van der Waals surface area contributed by atoms with E-state index in [1.54, 1.807) is 13.8 Å². The number of nitrogens with two attached hydrogens (primary N) is 1. The number of alkyl halides is 1. The zero-order valence-electron chi connectivity index (χ0n) is 8.01. The Kier molecular flexibility index (Phi) is 2.45. The molecule has 13 heavy (non-hydrogen) atoms. The van der Waals surface area contributed by atoms with E-state index in [2.05, 4.69) is 0 Å². The minimum Gasteiger partial charge on any atom is -0.330 e. The summed E-state index contributed by atoms with van der Waals surface area (Å²) in [5, 5.41) is 0. The summed E-state index contributed by atoms with van der Waals surface area (Å²) in [6.45, 7) is 3.51. The van der Waals surface area contributed by atoms with Gasteiger partial charge < -0.3 is 5.73 Å². The third-order valence-corrected chi connectivity index (χ3v) is 4.70. The van der Waals surface area contributed by atoms with Gasteiger partial charge in [-0.15, -0.1) is 0 Å². The topological polar surface area (TPSA) is 60.2 Å². The van der Waals surface area contributed by atoms with Gasteiger partial charge in [-0.05, 0) is 6.42 Å². The van der Waals surface area contributed by atoms with Crippen molar-refractivity contribution < 1.29 is 12.8 Å². The number of hydrogen-bond donors (Lipinski definition) is 1. The van der Waals surface area contributed by atoms with Gasteiger partial charge in [0.15, 0.2) is 9.84 Å². The maximum Gasteiger partial charge on any atom is 0.153 e. The first-order chi connectivity index (χ1) is 5.72. The Hall–Kier alpha value is -0.160. The minimum atomic E-state index is -3.18. The van der Waals surface area contributed by atoms with E-state index in [9.17, 15) is 12.8 Å². The van der Waals surface area contributed by atoms with Crippen LogP contribution in [0.25, 0.3) is 0 Å². The van der Waals surface area contributed by atoms with Crippen molar-refractivity contribution >= 4 is 9.84 Å². The van der Waals surface area contributed by atoms with Crippen molar-refractivity contribution in [2.75, 3.05) is 18.1 Å². The van der Waals surface area contributed by atoms with Crippen molar-refractivity contribution in [3.8, 4) is 0 Å². The highest BCUT2D eigenvalue weighted by Gasteiger charge is 2.52. The SMILES string of the molecule is CC(C)(CN)C1(F)CCS(=O)(=O)C1. The quantitative estimate of drug-likeness (QED) is 0.720.